The van der Waals surface area contributed by atoms with Gasteiger partial charge in [0.15, 0.2) is 6.61 Å². The normalized spacial score (nSPS) is 10.4. The van der Waals surface area contributed by atoms with Gasteiger partial charge in [-0.3, -0.25) is 14.4 Å². The quantitative estimate of drug-likeness (QED) is 0.397. The van der Waals surface area contributed by atoms with E-state index in [4.69, 9.17) is 19.9 Å². The topological polar surface area (TPSA) is 134 Å². The van der Waals surface area contributed by atoms with Gasteiger partial charge in [0.1, 0.15) is 11.6 Å². The Bertz CT molecular complexity index is 941. The summed E-state index contributed by atoms with van der Waals surface area (Å²) in [6.45, 7) is 1.19. The van der Waals surface area contributed by atoms with Crippen molar-refractivity contribution in [2.75, 3.05) is 32.2 Å². The Morgan fingerprint density at radius 1 is 1.06 bits per heavy atom. The van der Waals surface area contributed by atoms with Crippen LogP contribution in [0.25, 0.3) is 0 Å². The lowest BCUT2D eigenvalue weighted by Crippen LogP contribution is -2.22. The summed E-state index contributed by atoms with van der Waals surface area (Å²) in [5.74, 6) is -2.65. The molecule has 31 heavy (non-hydrogen) atoms. The Balaban J connectivity index is 1.97. The van der Waals surface area contributed by atoms with Gasteiger partial charge in [0, 0.05) is 13.5 Å². The Morgan fingerprint density at radius 2 is 1.77 bits per heavy atom. The van der Waals surface area contributed by atoms with Crippen LogP contribution < -0.4 is 11.1 Å². The maximum atomic E-state index is 12.4. The molecule has 3 N–H and O–H groups in total. The predicted octanol–water partition coefficient (Wildman–Crippen LogP) is 2.07. The Kier molecular flexibility index (Phi) is 9.16. The van der Waals surface area contributed by atoms with Gasteiger partial charge in [-0.15, -0.1) is 11.3 Å². The van der Waals surface area contributed by atoms with Gasteiger partial charge in [-0.25, -0.2) is 4.79 Å². The lowest BCUT2D eigenvalue weighted by atomic mass is 10.1. The second-order valence-corrected chi connectivity index (χ2v) is 7.47. The van der Waals surface area contributed by atoms with Crippen molar-refractivity contribution >= 4 is 40.1 Å². The summed E-state index contributed by atoms with van der Waals surface area (Å²) in [5.41, 5.74) is 6.65. The highest BCUT2D eigenvalue weighted by Crippen LogP contribution is 2.33. The van der Waals surface area contributed by atoms with Gasteiger partial charge in [-0.05, 0) is 24.5 Å². The van der Waals surface area contributed by atoms with Crippen molar-refractivity contribution in [3.8, 4) is 0 Å². The van der Waals surface area contributed by atoms with Crippen molar-refractivity contribution in [1.29, 1.82) is 0 Å². The highest BCUT2D eigenvalue weighted by molar-refractivity contribution is 7.18. The van der Waals surface area contributed by atoms with Crippen LogP contribution in [-0.4, -0.2) is 50.7 Å². The summed E-state index contributed by atoms with van der Waals surface area (Å²) < 4.78 is 14.9. The lowest BCUT2D eigenvalue weighted by molar-refractivity contribution is -0.147. The molecule has 10 heteroatoms. The predicted molar refractivity (Wildman–Crippen MR) is 114 cm³/mol. The maximum Gasteiger partial charge on any atom is 0.341 e. The minimum Gasteiger partial charge on any atom is -0.460 e. The highest BCUT2D eigenvalue weighted by Gasteiger charge is 2.26. The van der Waals surface area contributed by atoms with E-state index in [9.17, 15) is 19.2 Å². The number of aryl methyl sites for hydroxylation is 1. The smallest absolute Gasteiger partial charge is 0.341 e. The van der Waals surface area contributed by atoms with E-state index in [2.05, 4.69) is 5.32 Å². The number of benzene rings is 1. The molecule has 1 aromatic carbocycles. The van der Waals surface area contributed by atoms with Gasteiger partial charge in [0.2, 0.25) is 0 Å². The van der Waals surface area contributed by atoms with E-state index >= 15 is 0 Å². The molecule has 2 rings (SSSR count). The zero-order valence-corrected chi connectivity index (χ0v) is 18.1. The van der Waals surface area contributed by atoms with Crippen molar-refractivity contribution in [1.82, 2.24) is 0 Å². The molecule has 0 radical (unpaired) electrons. The van der Waals surface area contributed by atoms with E-state index in [1.165, 1.54) is 14.0 Å². The number of primary amides is 1. The second-order valence-electron chi connectivity index (χ2n) is 6.45. The molecular formula is C21H24N2O7S. The van der Waals surface area contributed by atoms with Gasteiger partial charge in [-0.2, -0.15) is 0 Å². The van der Waals surface area contributed by atoms with Crippen LogP contribution in [0.5, 0.6) is 0 Å². The van der Waals surface area contributed by atoms with E-state index in [1.807, 2.05) is 30.3 Å². The molecule has 0 bridgehead atoms. The number of nitrogens with one attached hydrogen (secondary N) is 1. The number of thiophene rings is 1. The highest BCUT2D eigenvalue weighted by atomic mass is 32.1. The van der Waals surface area contributed by atoms with Gasteiger partial charge >= 0.3 is 11.9 Å². The summed E-state index contributed by atoms with van der Waals surface area (Å²) in [6.07, 6.45) is 0.614. The Morgan fingerprint density at radius 3 is 2.42 bits per heavy atom. The van der Waals surface area contributed by atoms with Crippen LogP contribution in [0.3, 0.4) is 0 Å². The average molecular weight is 448 g/mol. The first-order valence-electron chi connectivity index (χ1n) is 9.42. The number of hydrogen-bond acceptors (Lipinski definition) is 8. The number of hydrogen-bond donors (Lipinski definition) is 2. The van der Waals surface area contributed by atoms with Crippen LogP contribution in [0.15, 0.2) is 30.3 Å². The summed E-state index contributed by atoms with van der Waals surface area (Å²) in [4.78, 5) is 48.3. The Labute approximate surface area is 183 Å². The van der Waals surface area contributed by atoms with Gasteiger partial charge in [-0.1, -0.05) is 30.3 Å². The molecule has 0 unspecified atom stereocenters. The molecule has 166 valence electrons. The van der Waals surface area contributed by atoms with Gasteiger partial charge < -0.3 is 25.3 Å². The van der Waals surface area contributed by atoms with Crippen molar-refractivity contribution in [2.24, 2.45) is 5.73 Å². The number of methoxy groups -OCH3 is 1. The summed E-state index contributed by atoms with van der Waals surface area (Å²) in [6, 6.07) is 9.40. The molecular weight excluding hydrogens is 424 g/mol. The maximum absolute atomic E-state index is 12.4. The summed E-state index contributed by atoms with van der Waals surface area (Å²) in [7, 11) is 1.46. The third kappa shape index (κ3) is 7.19. The lowest BCUT2D eigenvalue weighted by Gasteiger charge is -2.08. The van der Waals surface area contributed by atoms with Crippen LogP contribution in [0.2, 0.25) is 0 Å². The monoisotopic (exact) mass is 448 g/mol. The summed E-state index contributed by atoms with van der Waals surface area (Å²) in [5, 5.41) is 2.59. The minimum absolute atomic E-state index is 0.00292. The fourth-order valence-corrected chi connectivity index (χ4v) is 3.71. The minimum atomic E-state index is -0.735. The third-order valence-electron chi connectivity index (χ3n) is 4.17. The fraction of sp³-hybridized carbons (Fsp3) is 0.333. The first-order chi connectivity index (χ1) is 14.8. The van der Waals surface area contributed by atoms with Gasteiger partial charge in [0.05, 0.1) is 17.0 Å². The van der Waals surface area contributed by atoms with E-state index < -0.39 is 30.4 Å². The Hall–Kier alpha value is -3.24. The van der Waals surface area contributed by atoms with E-state index in [1.54, 1.807) is 0 Å². The molecule has 0 saturated carbocycles. The fourth-order valence-electron chi connectivity index (χ4n) is 2.64. The van der Waals surface area contributed by atoms with Crippen LogP contribution in [-0.2, 0) is 30.2 Å². The standard InChI is InChI=1S/C21H24N2O7S/c1-13-17(21(27)29-11-10-28-2)20(31-18(13)19(22)26)23-15(24)12-30-16(25)9-8-14-6-4-3-5-7-14/h3-7H,8-12H2,1-2H3,(H2,22,26)(H,23,24). The van der Waals surface area contributed by atoms with E-state index in [0.29, 0.717) is 12.0 Å². The molecule has 0 fully saturated rings. The van der Waals surface area contributed by atoms with Crippen molar-refractivity contribution in [3.05, 3.63) is 51.9 Å². The largest absolute Gasteiger partial charge is 0.460 e. The molecule has 1 heterocycles. The summed E-state index contributed by atoms with van der Waals surface area (Å²) >= 11 is 0.853. The zero-order chi connectivity index (χ0) is 22.8. The average Bonchev–Trinajstić information content (AvgIpc) is 3.07. The van der Waals surface area contributed by atoms with E-state index in [0.717, 1.165) is 16.9 Å². The molecule has 0 atom stereocenters. The van der Waals surface area contributed by atoms with Crippen LogP contribution in [0.4, 0.5) is 5.00 Å². The number of anilines is 1. The third-order valence-corrected chi connectivity index (χ3v) is 5.39. The number of amides is 2. The molecule has 0 aliphatic carbocycles. The molecule has 1 aromatic heterocycles. The second kappa shape index (κ2) is 11.8. The molecule has 0 aliphatic heterocycles. The zero-order valence-electron chi connectivity index (χ0n) is 17.3. The number of nitrogens with two attached hydrogens (primary N) is 1. The van der Waals surface area contributed by atoms with Crippen LogP contribution in [0, 0.1) is 6.92 Å². The van der Waals surface area contributed by atoms with Crippen molar-refractivity contribution in [3.63, 3.8) is 0 Å². The number of carbonyl (C=O) groups excluding carboxylic acids is 4. The number of rotatable bonds is 11. The SMILES string of the molecule is COCCOC(=O)c1c(NC(=O)COC(=O)CCc2ccccc2)sc(C(N)=O)c1C. The number of esters is 2. The number of carbonyl (C=O) groups is 4. The van der Waals surface area contributed by atoms with Gasteiger partial charge in [0.25, 0.3) is 11.8 Å². The first-order valence-corrected chi connectivity index (χ1v) is 10.2. The van der Waals surface area contributed by atoms with Crippen LogP contribution >= 0.6 is 11.3 Å². The molecule has 0 spiro atoms. The molecule has 9 nitrogen and oxygen atoms in total. The van der Waals surface area contributed by atoms with E-state index in [-0.39, 0.29) is 35.1 Å². The van der Waals surface area contributed by atoms with Crippen molar-refractivity contribution < 1.29 is 33.4 Å². The van der Waals surface area contributed by atoms with Crippen molar-refractivity contribution in [2.45, 2.75) is 19.8 Å². The molecule has 0 aliphatic rings. The number of ether oxygens (including phenoxy) is 3. The molecule has 2 amide bonds. The molecule has 0 saturated heterocycles. The van der Waals surface area contributed by atoms with Crippen LogP contribution in [0.1, 0.15) is 37.6 Å². The first kappa shape index (κ1) is 24.0. The molecule has 2 aromatic rings.